The average Bonchev–Trinajstić information content (AvgIpc) is 2.38. The molecule has 1 fully saturated rings. The van der Waals surface area contributed by atoms with E-state index in [9.17, 15) is 4.79 Å². The number of hydrogen-bond donors (Lipinski definition) is 2. The van der Waals surface area contributed by atoms with E-state index in [2.05, 4.69) is 10.3 Å². The molecule has 0 saturated heterocycles. The molecule has 1 aromatic rings. The van der Waals surface area contributed by atoms with Crippen LogP contribution in [0.5, 0.6) is 0 Å². The number of aromatic nitrogens is 1. The van der Waals surface area contributed by atoms with Crippen molar-refractivity contribution in [2.75, 3.05) is 0 Å². The van der Waals surface area contributed by atoms with Crippen LogP contribution in [0, 0.1) is 5.92 Å². The standard InChI is InChI=1S/C13H18N2O2/c16-13(17)11-6-1-2-7-12(11)15-9-10-5-3-4-8-14-10/h3-5,8,11-12,15H,1-2,6-7,9H2,(H,16,17)/t11-,12-/m1/s1. The normalized spacial score (nSPS) is 24.5. The number of nitrogens with one attached hydrogen (secondary N) is 1. The highest BCUT2D eigenvalue weighted by molar-refractivity contribution is 5.71. The Morgan fingerprint density at radius 1 is 1.41 bits per heavy atom. The van der Waals surface area contributed by atoms with E-state index in [1.807, 2.05) is 18.2 Å². The Morgan fingerprint density at radius 3 is 2.94 bits per heavy atom. The molecule has 1 aliphatic carbocycles. The van der Waals surface area contributed by atoms with Gasteiger partial charge in [-0.3, -0.25) is 9.78 Å². The quantitative estimate of drug-likeness (QED) is 0.834. The molecule has 1 aromatic heterocycles. The fourth-order valence-electron chi connectivity index (χ4n) is 2.41. The largest absolute Gasteiger partial charge is 0.481 e. The van der Waals surface area contributed by atoms with Crippen LogP contribution >= 0.6 is 0 Å². The molecule has 2 rings (SSSR count). The van der Waals surface area contributed by atoms with Crippen LogP contribution in [0.15, 0.2) is 24.4 Å². The monoisotopic (exact) mass is 234 g/mol. The first-order chi connectivity index (χ1) is 8.27. The first kappa shape index (κ1) is 12.0. The fourth-order valence-corrected chi connectivity index (χ4v) is 2.41. The number of aliphatic carboxylic acids is 1. The summed E-state index contributed by atoms with van der Waals surface area (Å²) in [5.41, 5.74) is 0.960. The van der Waals surface area contributed by atoms with Crippen molar-refractivity contribution in [3.63, 3.8) is 0 Å². The Labute approximate surface area is 101 Å². The van der Waals surface area contributed by atoms with Gasteiger partial charge in [-0.1, -0.05) is 18.9 Å². The molecule has 0 aliphatic heterocycles. The highest BCUT2D eigenvalue weighted by atomic mass is 16.4. The highest BCUT2D eigenvalue weighted by Gasteiger charge is 2.30. The van der Waals surface area contributed by atoms with E-state index < -0.39 is 5.97 Å². The minimum Gasteiger partial charge on any atom is -0.481 e. The fraction of sp³-hybridized carbons (Fsp3) is 0.538. The zero-order chi connectivity index (χ0) is 12.1. The van der Waals surface area contributed by atoms with Gasteiger partial charge in [-0.05, 0) is 25.0 Å². The summed E-state index contributed by atoms with van der Waals surface area (Å²) in [6.07, 6.45) is 5.63. The lowest BCUT2D eigenvalue weighted by Gasteiger charge is -2.29. The van der Waals surface area contributed by atoms with Crippen molar-refractivity contribution in [2.45, 2.75) is 38.3 Å². The van der Waals surface area contributed by atoms with Crippen molar-refractivity contribution in [1.29, 1.82) is 0 Å². The maximum Gasteiger partial charge on any atom is 0.308 e. The molecule has 1 saturated carbocycles. The summed E-state index contributed by atoms with van der Waals surface area (Å²) in [4.78, 5) is 15.3. The Hall–Kier alpha value is -1.42. The zero-order valence-electron chi connectivity index (χ0n) is 9.80. The van der Waals surface area contributed by atoms with Gasteiger partial charge in [0.15, 0.2) is 0 Å². The lowest BCUT2D eigenvalue weighted by Crippen LogP contribution is -2.42. The third-order valence-corrected chi connectivity index (χ3v) is 3.35. The third kappa shape index (κ3) is 3.27. The second-order valence-electron chi connectivity index (χ2n) is 4.54. The second-order valence-corrected chi connectivity index (χ2v) is 4.54. The summed E-state index contributed by atoms with van der Waals surface area (Å²) >= 11 is 0. The first-order valence-electron chi connectivity index (χ1n) is 6.13. The number of hydrogen-bond acceptors (Lipinski definition) is 3. The number of carboxylic acids is 1. The smallest absolute Gasteiger partial charge is 0.308 e. The summed E-state index contributed by atoms with van der Waals surface area (Å²) in [5, 5.41) is 12.5. The Balaban J connectivity index is 1.90. The van der Waals surface area contributed by atoms with Crippen LogP contribution in [-0.2, 0) is 11.3 Å². The molecule has 4 heteroatoms. The van der Waals surface area contributed by atoms with E-state index in [0.29, 0.717) is 6.54 Å². The van der Waals surface area contributed by atoms with Gasteiger partial charge in [-0.2, -0.15) is 0 Å². The molecule has 2 N–H and O–H groups in total. The summed E-state index contributed by atoms with van der Waals surface area (Å²) < 4.78 is 0. The molecule has 0 radical (unpaired) electrons. The van der Waals surface area contributed by atoms with Gasteiger partial charge >= 0.3 is 5.97 Å². The molecule has 1 aliphatic rings. The molecule has 0 aromatic carbocycles. The molecule has 1 heterocycles. The second kappa shape index (κ2) is 5.77. The molecule has 92 valence electrons. The van der Waals surface area contributed by atoms with Gasteiger partial charge in [0.25, 0.3) is 0 Å². The van der Waals surface area contributed by atoms with E-state index in [4.69, 9.17) is 5.11 Å². The van der Waals surface area contributed by atoms with E-state index in [1.54, 1.807) is 6.20 Å². The molecular weight excluding hydrogens is 216 g/mol. The predicted octanol–water partition coefficient (Wildman–Crippen LogP) is 1.81. The Bertz CT molecular complexity index is 367. The molecule has 0 spiro atoms. The van der Waals surface area contributed by atoms with E-state index >= 15 is 0 Å². The van der Waals surface area contributed by atoms with E-state index in [-0.39, 0.29) is 12.0 Å². The number of pyridine rings is 1. The summed E-state index contributed by atoms with van der Waals surface area (Å²) in [6, 6.07) is 5.86. The van der Waals surface area contributed by atoms with Gasteiger partial charge in [0.2, 0.25) is 0 Å². The SMILES string of the molecule is O=C(O)[C@@H]1CCCC[C@H]1NCc1ccccn1. The van der Waals surface area contributed by atoms with Gasteiger partial charge in [0, 0.05) is 18.8 Å². The van der Waals surface area contributed by atoms with Crippen LogP contribution < -0.4 is 5.32 Å². The maximum absolute atomic E-state index is 11.1. The van der Waals surface area contributed by atoms with Gasteiger partial charge in [-0.25, -0.2) is 0 Å². The van der Waals surface area contributed by atoms with Crippen molar-refractivity contribution in [3.05, 3.63) is 30.1 Å². The van der Waals surface area contributed by atoms with Crippen LogP contribution in [0.4, 0.5) is 0 Å². The minimum atomic E-state index is -0.678. The minimum absolute atomic E-state index is 0.0863. The Kier molecular flexibility index (Phi) is 4.09. The van der Waals surface area contributed by atoms with Crippen LogP contribution in [0.2, 0.25) is 0 Å². The summed E-state index contributed by atoms with van der Waals surface area (Å²) in [7, 11) is 0. The summed E-state index contributed by atoms with van der Waals surface area (Å²) in [6.45, 7) is 0.648. The lowest BCUT2D eigenvalue weighted by atomic mass is 9.84. The van der Waals surface area contributed by atoms with Crippen LogP contribution in [-0.4, -0.2) is 22.1 Å². The molecule has 0 bridgehead atoms. The van der Waals surface area contributed by atoms with E-state index in [0.717, 1.165) is 31.4 Å². The van der Waals surface area contributed by atoms with Gasteiger partial charge in [-0.15, -0.1) is 0 Å². The van der Waals surface area contributed by atoms with Crippen molar-refractivity contribution in [1.82, 2.24) is 10.3 Å². The summed E-state index contributed by atoms with van der Waals surface area (Å²) in [5.74, 6) is -0.921. The van der Waals surface area contributed by atoms with Crippen molar-refractivity contribution in [3.8, 4) is 0 Å². The van der Waals surface area contributed by atoms with Crippen LogP contribution in [0.1, 0.15) is 31.4 Å². The maximum atomic E-state index is 11.1. The average molecular weight is 234 g/mol. The molecule has 4 nitrogen and oxygen atoms in total. The van der Waals surface area contributed by atoms with Crippen LogP contribution in [0.25, 0.3) is 0 Å². The molecule has 0 amide bonds. The van der Waals surface area contributed by atoms with Gasteiger partial charge in [0.05, 0.1) is 11.6 Å². The number of rotatable bonds is 4. The first-order valence-corrected chi connectivity index (χ1v) is 6.13. The van der Waals surface area contributed by atoms with Gasteiger partial charge < -0.3 is 10.4 Å². The molecule has 2 atom stereocenters. The third-order valence-electron chi connectivity index (χ3n) is 3.35. The molecule has 17 heavy (non-hydrogen) atoms. The van der Waals surface area contributed by atoms with E-state index in [1.165, 1.54) is 0 Å². The van der Waals surface area contributed by atoms with Crippen LogP contribution in [0.3, 0.4) is 0 Å². The molecular formula is C13H18N2O2. The topological polar surface area (TPSA) is 62.2 Å². The number of carboxylic acid groups (broad SMARTS) is 1. The predicted molar refractivity (Wildman–Crippen MR) is 64.5 cm³/mol. The van der Waals surface area contributed by atoms with Crippen molar-refractivity contribution in [2.24, 2.45) is 5.92 Å². The van der Waals surface area contributed by atoms with Crippen molar-refractivity contribution < 1.29 is 9.90 Å². The zero-order valence-corrected chi connectivity index (χ0v) is 9.80. The molecule has 0 unspecified atom stereocenters. The Morgan fingerprint density at radius 2 is 2.24 bits per heavy atom. The van der Waals surface area contributed by atoms with Crippen molar-refractivity contribution >= 4 is 5.97 Å². The number of nitrogens with zero attached hydrogens (tertiary/aromatic N) is 1. The lowest BCUT2D eigenvalue weighted by molar-refractivity contribution is -0.143. The van der Waals surface area contributed by atoms with Gasteiger partial charge in [0.1, 0.15) is 0 Å². The number of carbonyl (C=O) groups is 1. The highest BCUT2D eigenvalue weighted by Crippen LogP contribution is 2.24.